The molecule has 3 heterocycles. The van der Waals surface area contributed by atoms with Gasteiger partial charge >= 0.3 is 0 Å². The van der Waals surface area contributed by atoms with Crippen molar-refractivity contribution in [1.82, 2.24) is 14.9 Å². The van der Waals surface area contributed by atoms with Crippen molar-refractivity contribution in [3.05, 3.63) is 78.0 Å². The van der Waals surface area contributed by atoms with E-state index >= 15 is 0 Å². The van der Waals surface area contributed by atoms with Crippen molar-refractivity contribution >= 4 is 5.91 Å². The molecule has 4 rings (SSSR count). The number of oxazole rings is 1. The number of amides is 1. The second-order valence-corrected chi connectivity index (χ2v) is 6.66. The van der Waals surface area contributed by atoms with E-state index in [0.717, 1.165) is 12.8 Å². The van der Waals surface area contributed by atoms with Crippen LogP contribution >= 0.6 is 0 Å². The maximum absolute atomic E-state index is 13.8. The second-order valence-electron chi connectivity index (χ2n) is 6.66. The lowest BCUT2D eigenvalue weighted by molar-refractivity contribution is -0.134. The van der Waals surface area contributed by atoms with Gasteiger partial charge in [-0.25, -0.2) is 9.37 Å². The molecule has 1 saturated heterocycles. The fourth-order valence-corrected chi connectivity index (χ4v) is 3.37. The van der Waals surface area contributed by atoms with E-state index < -0.39 is 0 Å². The van der Waals surface area contributed by atoms with Gasteiger partial charge in [-0.15, -0.1) is 0 Å². The van der Waals surface area contributed by atoms with Crippen LogP contribution in [0.5, 0.6) is 5.75 Å². The fourth-order valence-electron chi connectivity index (χ4n) is 3.37. The molecule has 0 radical (unpaired) electrons. The predicted octanol–water partition coefficient (Wildman–Crippen LogP) is 3.54. The van der Waals surface area contributed by atoms with E-state index in [1.807, 2.05) is 0 Å². The van der Waals surface area contributed by atoms with E-state index in [9.17, 15) is 9.18 Å². The molecule has 1 aromatic carbocycles. The minimum absolute atomic E-state index is 0.0645. The van der Waals surface area contributed by atoms with Crippen LogP contribution in [0.1, 0.15) is 36.1 Å². The first kappa shape index (κ1) is 18.2. The first-order valence-corrected chi connectivity index (χ1v) is 9.21. The van der Waals surface area contributed by atoms with Crippen LogP contribution in [0.4, 0.5) is 4.39 Å². The third kappa shape index (κ3) is 4.03. The van der Waals surface area contributed by atoms with Gasteiger partial charge < -0.3 is 14.1 Å². The molecular weight excluding hydrogens is 361 g/mol. The highest BCUT2D eigenvalue weighted by Gasteiger charge is 2.33. The van der Waals surface area contributed by atoms with Crippen LogP contribution in [0.25, 0.3) is 0 Å². The molecule has 28 heavy (non-hydrogen) atoms. The van der Waals surface area contributed by atoms with Crippen LogP contribution in [0.3, 0.4) is 0 Å². The molecule has 0 N–H and O–H groups in total. The molecule has 6 nitrogen and oxygen atoms in total. The number of carbonyl (C=O) groups is 1. The molecule has 0 spiro atoms. The van der Waals surface area contributed by atoms with Gasteiger partial charge in [-0.2, -0.15) is 0 Å². The third-order valence-electron chi connectivity index (χ3n) is 4.75. The van der Waals surface area contributed by atoms with Crippen LogP contribution in [-0.2, 0) is 11.2 Å². The number of aromatic nitrogens is 2. The van der Waals surface area contributed by atoms with Gasteiger partial charge in [0.1, 0.15) is 23.4 Å². The largest absolute Gasteiger partial charge is 0.482 e. The van der Waals surface area contributed by atoms with Crippen molar-refractivity contribution < 1.29 is 18.3 Å². The summed E-state index contributed by atoms with van der Waals surface area (Å²) in [6, 6.07) is 9.87. The maximum atomic E-state index is 13.8. The molecule has 2 aromatic heterocycles. The first-order chi connectivity index (χ1) is 13.7. The summed E-state index contributed by atoms with van der Waals surface area (Å²) >= 11 is 0. The summed E-state index contributed by atoms with van der Waals surface area (Å²) in [5.74, 6) is 1.21. The molecule has 1 aliphatic rings. The highest BCUT2D eigenvalue weighted by Crippen LogP contribution is 2.32. The monoisotopic (exact) mass is 381 g/mol. The van der Waals surface area contributed by atoms with Crippen LogP contribution in [-0.4, -0.2) is 33.9 Å². The second kappa shape index (κ2) is 8.21. The molecule has 144 valence electrons. The molecule has 0 bridgehead atoms. The number of pyridine rings is 1. The summed E-state index contributed by atoms with van der Waals surface area (Å²) in [6.45, 7) is 0.565. The maximum Gasteiger partial charge on any atom is 0.261 e. The average molecular weight is 381 g/mol. The number of nitrogens with zero attached hydrogens (tertiary/aromatic N) is 3. The van der Waals surface area contributed by atoms with E-state index in [-0.39, 0.29) is 24.4 Å². The van der Waals surface area contributed by atoms with Crippen LogP contribution in [0.2, 0.25) is 0 Å². The Labute approximate surface area is 162 Å². The van der Waals surface area contributed by atoms with Gasteiger partial charge in [0.05, 0.1) is 12.4 Å². The average Bonchev–Trinajstić information content (AvgIpc) is 3.38. The number of hydrogen-bond donors (Lipinski definition) is 0. The van der Waals surface area contributed by atoms with Gasteiger partial charge in [0.15, 0.2) is 6.61 Å². The minimum atomic E-state index is -0.273. The summed E-state index contributed by atoms with van der Waals surface area (Å²) in [6.07, 6.45) is 6.79. The number of benzene rings is 1. The highest BCUT2D eigenvalue weighted by molar-refractivity contribution is 5.78. The SMILES string of the molecule is O=C(COc1cccnc1)N1CCC[C@H]1c1ncc(Cc2ccccc2F)o1. The van der Waals surface area contributed by atoms with Crippen molar-refractivity contribution in [1.29, 1.82) is 0 Å². The van der Waals surface area contributed by atoms with E-state index in [1.165, 1.54) is 6.07 Å². The van der Waals surface area contributed by atoms with Gasteiger partial charge in [0, 0.05) is 19.2 Å². The zero-order valence-electron chi connectivity index (χ0n) is 15.3. The Kier molecular flexibility index (Phi) is 5.32. The standard InChI is InChI=1S/C21H20FN3O3/c22-18-7-2-1-5-15(18)11-17-13-24-21(28-17)19-8-4-10-25(19)20(26)14-27-16-6-3-9-23-12-16/h1-3,5-7,9,12-13,19H,4,8,10-11,14H2/t19-/m0/s1. The Morgan fingerprint density at radius 2 is 2.14 bits per heavy atom. The molecule has 1 aliphatic heterocycles. The first-order valence-electron chi connectivity index (χ1n) is 9.21. The zero-order chi connectivity index (χ0) is 19.3. The summed E-state index contributed by atoms with van der Waals surface area (Å²) in [4.78, 5) is 22.6. The molecule has 7 heteroatoms. The highest BCUT2D eigenvalue weighted by atomic mass is 19.1. The van der Waals surface area contributed by atoms with E-state index in [1.54, 1.807) is 53.8 Å². The van der Waals surface area contributed by atoms with Gasteiger partial charge in [0.25, 0.3) is 5.91 Å². The van der Waals surface area contributed by atoms with Gasteiger partial charge in [0.2, 0.25) is 5.89 Å². The number of ether oxygens (including phenoxy) is 1. The lowest BCUT2D eigenvalue weighted by Gasteiger charge is -2.22. The van der Waals surface area contributed by atoms with Gasteiger partial charge in [-0.1, -0.05) is 18.2 Å². The molecule has 1 atom stereocenters. The Hall–Kier alpha value is -3.22. The molecule has 1 fully saturated rings. The number of likely N-dealkylation sites (tertiary alicyclic amines) is 1. The third-order valence-corrected chi connectivity index (χ3v) is 4.75. The topological polar surface area (TPSA) is 68.5 Å². The Balaban J connectivity index is 1.41. The van der Waals surface area contributed by atoms with Gasteiger partial charge in [-0.05, 0) is 36.6 Å². The van der Waals surface area contributed by atoms with E-state index in [4.69, 9.17) is 9.15 Å². The number of hydrogen-bond acceptors (Lipinski definition) is 5. The van der Waals surface area contributed by atoms with Crippen molar-refractivity contribution in [2.75, 3.05) is 13.2 Å². The molecule has 0 saturated carbocycles. The van der Waals surface area contributed by atoms with E-state index in [2.05, 4.69) is 9.97 Å². The normalized spacial score (nSPS) is 16.3. The van der Waals surface area contributed by atoms with Crippen molar-refractivity contribution in [3.8, 4) is 5.75 Å². The molecular formula is C21H20FN3O3. The lowest BCUT2D eigenvalue weighted by atomic mass is 10.1. The van der Waals surface area contributed by atoms with Crippen molar-refractivity contribution in [3.63, 3.8) is 0 Å². The summed E-state index contributed by atoms with van der Waals surface area (Å²) < 4.78 is 25.2. The minimum Gasteiger partial charge on any atom is -0.482 e. The zero-order valence-corrected chi connectivity index (χ0v) is 15.3. The van der Waals surface area contributed by atoms with Gasteiger partial charge in [-0.3, -0.25) is 9.78 Å². The quantitative estimate of drug-likeness (QED) is 0.653. The van der Waals surface area contributed by atoms with Crippen LogP contribution in [0, 0.1) is 5.82 Å². The number of rotatable bonds is 6. The van der Waals surface area contributed by atoms with E-state index in [0.29, 0.717) is 35.9 Å². The fraction of sp³-hybridized carbons (Fsp3) is 0.286. The Morgan fingerprint density at radius 1 is 1.25 bits per heavy atom. The predicted molar refractivity (Wildman–Crippen MR) is 99.1 cm³/mol. The number of halogens is 1. The Bertz CT molecular complexity index is 945. The smallest absolute Gasteiger partial charge is 0.261 e. The van der Waals surface area contributed by atoms with Crippen LogP contribution in [0.15, 0.2) is 59.4 Å². The van der Waals surface area contributed by atoms with Crippen molar-refractivity contribution in [2.24, 2.45) is 0 Å². The molecule has 0 aliphatic carbocycles. The van der Waals surface area contributed by atoms with Crippen LogP contribution < -0.4 is 4.74 Å². The molecule has 1 amide bonds. The summed E-state index contributed by atoms with van der Waals surface area (Å²) in [5, 5.41) is 0. The van der Waals surface area contributed by atoms with Crippen molar-refractivity contribution in [2.45, 2.75) is 25.3 Å². The molecule has 3 aromatic rings. The summed E-state index contributed by atoms with van der Waals surface area (Å²) in [7, 11) is 0. The lowest BCUT2D eigenvalue weighted by Crippen LogP contribution is -2.34. The molecule has 0 unspecified atom stereocenters. The Morgan fingerprint density at radius 3 is 2.96 bits per heavy atom. The summed E-state index contributed by atoms with van der Waals surface area (Å²) in [5.41, 5.74) is 0.550. The number of carbonyl (C=O) groups excluding carboxylic acids is 1.